The first-order chi connectivity index (χ1) is 6.27. The zero-order valence-electron chi connectivity index (χ0n) is 7.61. The molecule has 2 aromatic heterocycles. The van der Waals surface area contributed by atoms with Crippen molar-refractivity contribution < 1.29 is 0 Å². The van der Waals surface area contributed by atoms with Crippen molar-refractivity contribution in [2.75, 3.05) is 0 Å². The van der Waals surface area contributed by atoms with E-state index in [2.05, 4.69) is 29.0 Å². The Hall–Kier alpha value is -1.16. The Labute approximate surface area is 80.8 Å². The maximum Gasteiger partial charge on any atom is 0.191 e. The normalized spacial score (nSPS) is 11.0. The zero-order valence-corrected chi connectivity index (χ0v) is 8.43. The Morgan fingerprint density at radius 3 is 2.85 bits per heavy atom. The average molecular weight is 193 g/mol. The SMILES string of the molecule is CC(C)c1nc(-c2cccs2)n[nH]1. The van der Waals surface area contributed by atoms with Crippen LogP contribution in [0.15, 0.2) is 17.5 Å². The standard InChI is InChI=1S/C9H11N3S/c1-6(2)8-10-9(12-11-8)7-4-3-5-13-7/h3-6H,1-2H3,(H,10,11,12). The molecule has 4 heteroatoms. The van der Waals surface area contributed by atoms with Gasteiger partial charge < -0.3 is 0 Å². The highest BCUT2D eigenvalue weighted by atomic mass is 32.1. The van der Waals surface area contributed by atoms with Crippen molar-refractivity contribution in [1.29, 1.82) is 0 Å². The number of aromatic nitrogens is 3. The number of hydrogen-bond acceptors (Lipinski definition) is 3. The second-order valence-corrected chi connectivity index (χ2v) is 4.12. The van der Waals surface area contributed by atoms with Gasteiger partial charge in [-0.05, 0) is 11.4 Å². The minimum absolute atomic E-state index is 0.404. The Morgan fingerprint density at radius 1 is 1.46 bits per heavy atom. The molecule has 0 atom stereocenters. The quantitative estimate of drug-likeness (QED) is 0.796. The highest BCUT2D eigenvalue weighted by Crippen LogP contribution is 2.21. The van der Waals surface area contributed by atoms with Gasteiger partial charge in [0.25, 0.3) is 0 Å². The first-order valence-electron chi connectivity index (χ1n) is 4.23. The number of hydrogen-bond donors (Lipinski definition) is 1. The maximum absolute atomic E-state index is 4.40. The van der Waals surface area contributed by atoms with Crippen molar-refractivity contribution in [2.45, 2.75) is 19.8 Å². The zero-order chi connectivity index (χ0) is 9.26. The highest BCUT2D eigenvalue weighted by Gasteiger charge is 2.08. The first kappa shape index (κ1) is 8.44. The third-order valence-electron chi connectivity index (χ3n) is 1.79. The molecule has 0 unspecified atom stereocenters. The Morgan fingerprint density at radius 2 is 2.31 bits per heavy atom. The van der Waals surface area contributed by atoms with Crippen LogP contribution < -0.4 is 0 Å². The number of rotatable bonds is 2. The van der Waals surface area contributed by atoms with Crippen LogP contribution in [0.4, 0.5) is 0 Å². The largest absolute Gasteiger partial charge is 0.262 e. The fourth-order valence-electron chi connectivity index (χ4n) is 1.05. The number of nitrogens with one attached hydrogen (secondary N) is 1. The molecule has 68 valence electrons. The van der Waals surface area contributed by atoms with E-state index in [1.165, 1.54) is 0 Å². The highest BCUT2D eigenvalue weighted by molar-refractivity contribution is 7.13. The first-order valence-corrected chi connectivity index (χ1v) is 5.11. The fraction of sp³-hybridized carbons (Fsp3) is 0.333. The lowest BCUT2D eigenvalue weighted by Gasteiger charge is -1.94. The minimum Gasteiger partial charge on any atom is -0.262 e. The van der Waals surface area contributed by atoms with Crippen LogP contribution in [-0.4, -0.2) is 15.2 Å². The van der Waals surface area contributed by atoms with E-state index in [1.54, 1.807) is 11.3 Å². The van der Waals surface area contributed by atoms with Crippen molar-refractivity contribution in [3.63, 3.8) is 0 Å². The number of aromatic amines is 1. The van der Waals surface area contributed by atoms with Gasteiger partial charge in [0.1, 0.15) is 5.82 Å². The van der Waals surface area contributed by atoms with Gasteiger partial charge in [-0.25, -0.2) is 4.98 Å². The molecule has 2 aromatic rings. The molecule has 0 amide bonds. The molecule has 1 N–H and O–H groups in total. The second-order valence-electron chi connectivity index (χ2n) is 3.18. The molecule has 0 aliphatic carbocycles. The molecule has 0 bridgehead atoms. The van der Waals surface area contributed by atoms with Crippen LogP contribution in [0, 0.1) is 0 Å². The van der Waals surface area contributed by atoms with E-state index in [-0.39, 0.29) is 0 Å². The summed E-state index contributed by atoms with van der Waals surface area (Å²) in [7, 11) is 0. The van der Waals surface area contributed by atoms with E-state index >= 15 is 0 Å². The summed E-state index contributed by atoms with van der Waals surface area (Å²) in [5, 5.41) is 9.12. The summed E-state index contributed by atoms with van der Waals surface area (Å²) < 4.78 is 0. The van der Waals surface area contributed by atoms with Crippen LogP contribution in [0.25, 0.3) is 10.7 Å². The smallest absolute Gasteiger partial charge is 0.191 e. The van der Waals surface area contributed by atoms with Gasteiger partial charge in [0.2, 0.25) is 0 Å². The van der Waals surface area contributed by atoms with E-state index < -0.39 is 0 Å². The summed E-state index contributed by atoms with van der Waals surface area (Å²) >= 11 is 1.66. The van der Waals surface area contributed by atoms with Crippen molar-refractivity contribution in [2.24, 2.45) is 0 Å². The molecule has 0 spiro atoms. The van der Waals surface area contributed by atoms with Crippen molar-refractivity contribution >= 4 is 11.3 Å². The third kappa shape index (κ3) is 1.62. The predicted octanol–water partition coefficient (Wildman–Crippen LogP) is 2.66. The number of thiophene rings is 1. The molecule has 0 saturated heterocycles. The molecule has 3 nitrogen and oxygen atoms in total. The maximum atomic E-state index is 4.40. The summed E-state index contributed by atoms with van der Waals surface area (Å²) in [5.74, 6) is 2.16. The average Bonchev–Trinajstić information content (AvgIpc) is 2.75. The number of H-pyrrole nitrogens is 1. The van der Waals surface area contributed by atoms with Crippen LogP contribution in [-0.2, 0) is 0 Å². The topological polar surface area (TPSA) is 41.6 Å². The third-order valence-corrected chi connectivity index (χ3v) is 2.66. The molecule has 0 fully saturated rings. The van der Waals surface area contributed by atoms with Gasteiger partial charge in [0.15, 0.2) is 5.82 Å². The molecule has 0 aromatic carbocycles. The van der Waals surface area contributed by atoms with E-state index in [0.717, 1.165) is 16.5 Å². The summed E-state index contributed by atoms with van der Waals surface area (Å²) in [6.07, 6.45) is 0. The fourth-order valence-corrected chi connectivity index (χ4v) is 1.71. The lowest BCUT2D eigenvalue weighted by atomic mass is 10.2. The monoisotopic (exact) mass is 193 g/mol. The van der Waals surface area contributed by atoms with Gasteiger partial charge >= 0.3 is 0 Å². The number of nitrogens with zero attached hydrogens (tertiary/aromatic N) is 2. The van der Waals surface area contributed by atoms with Crippen LogP contribution in [0.1, 0.15) is 25.6 Å². The van der Waals surface area contributed by atoms with Crippen molar-refractivity contribution in [3.8, 4) is 10.7 Å². The van der Waals surface area contributed by atoms with Crippen LogP contribution >= 0.6 is 11.3 Å². The summed E-state index contributed by atoms with van der Waals surface area (Å²) in [6.45, 7) is 4.19. The van der Waals surface area contributed by atoms with Gasteiger partial charge in [-0.2, -0.15) is 5.10 Å². The van der Waals surface area contributed by atoms with Gasteiger partial charge in [-0.3, -0.25) is 5.10 Å². The van der Waals surface area contributed by atoms with Gasteiger partial charge in [0, 0.05) is 5.92 Å². The lowest BCUT2D eigenvalue weighted by Crippen LogP contribution is -1.89. The van der Waals surface area contributed by atoms with Gasteiger partial charge in [-0.1, -0.05) is 19.9 Å². The molecule has 0 saturated carbocycles. The van der Waals surface area contributed by atoms with Crippen molar-refractivity contribution in [3.05, 3.63) is 23.3 Å². The molecule has 2 heterocycles. The van der Waals surface area contributed by atoms with Crippen LogP contribution in [0.2, 0.25) is 0 Å². The van der Waals surface area contributed by atoms with Crippen molar-refractivity contribution in [1.82, 2.24) is 15.2 Å². The van der Waals surface area contributed by atoms with Gasteiger partial charge in [-0.15, -0.1) is 11.3 Å². The second kappa shape index (κ2) is 3.30. The summed E-state index contributed by atoms with van der Waals surface area (Å²) in [4.78, 5) is 5.51. The summed E-state index contributed by atoms with van der Waals surface area (Å²) in [5.41, 5.74) is 0. The molecule has 0 aliphatic rings. The Balaban J connectivity index is 2.33. The Kier molecular flexibility index (Phi) is 2.14. The summed E-state index contributed by atoms with van der Waals surface area (Å²) in [6, 6.07) is 4.03. The lowest BCUT2D eigenvalue weighted by molar-refractivity contribution is 0.781. The van der Waals surface area contributed by atoms with E-state index in [4.69, 9.17) is 0 Å². The van der Waals surface area contributed by atoms with E-state index in [9.17, 15) is 0 Å². The van der Waals surface area contributed by atoms with Crippen LogP contribution in [0.3, 0.4) is 0 Å². The predicted molar refractivity (Wildman–Crippen MR) is 53.8 cm³/mol. The molecule has 13 heavy (non-hydrogen) atoms. The molecular weight excluding hydrogens is 182 g/mol. The molecular formula is C9H11N3S. The molecule has 0 radical (unpaired) electrons. The van der Waals surface area contributed by atoms with E-state index in [1.807, 2.05) is 17.5 Å². The van der Waals surface area contributed by atoms with Gasteiger partial charge in [0.05, 0.1) is 4.88 Å². The molecule has 0 aliphatic heterocycles. The van der Waals surface area contributed by atoms with Crippen LogP contribution in [0.5, 0.6) is 0 Å². The Bertz CT molecular complexity index is 375. The van der Waals surface area contributed by atoms with E-state index in [0.29, 0.717) is 5.92 Å². The molecule has 2 rings (SSSR count). The minimum atomic E-state index is 0.404.